The molecule has 2 aliphatic rings. The minimum Gasteiger partial charge on any atom is -0.464 e. The van der Waals surface area contributed by atoms with Crippen LogP contribution in [0.3, 0.4) is 0 Å². The van der Waals surface area contributed by atoms with E-state index in [9.17, 15) is 4.79 Å². The number of rotatable bonds is 2. The van der Waals surface area contributed by atoms with Crippen molar-refractivity contribution in [3.05, 3.63) is 0 Å². The third-order valence-electron chi connectivity index (χ3n) is 2.28. The zero-order chi connectivity index (χ0) is 7.68. The average molecular weight is 156 g/mol. The Morgan fingerprint density at radius 2 is 2.55 bits per heavy atom. The van der Waals surface area contributed by atoms with Gasteiger partial charge in [0.05, 0.1) is 0 Å². The highest BCUT2D eigenvalue weighted by Crippen LogP contribution is 2.24. The molecule has 0 amide bonds. The van der Waals surface area contributed by atoms with E-state index in [-0.39, 0.29) is 6.10 Å². The molecule has 0 spiro atoms. The van der Waals surface area contributed by atoms with Gasteiger partial charge in [0.25, 0.3) is 6.47 Å². The van der Waals surface area contributed by atoms with Gasteiger partial charge < -0.3 is 4.74 Å². The summed E-state index contributed by atoms with van der Waals surface area (Å²) < 4.78 is 4.91. The van der Waals surface area contributed by atoms with E-state index in [0.29, 0.717) is 12.5 Å². The van der Waals surface area contributed by atoms with Crippen molar-refractivity contribution in [2.75, 3.05) is 13.1 Å². The normalized spacial score (nSPS) is 42.0. The second-order valence-electron chi connectivity index (χ2n) is 3.09. The van der Waals surface area contributed by atoms with Crippen LogP contribution in [0.25, 0.3) is 0 Å². The third-order valence-corrected chi connectivity index (χ3v) is 2.28. The third kappa shape index (κ3) is 1.52. The Morgan fingerprint density at radius 3 is 3.36 bits per heavy atom. The Bertz CT molecular complexity index is 163. The molecule has 2 saturated heterocycles. The molecule has 3 unspecified atom stereocenters. The number of ether oxygens (including phenoxy) is 1. The molecule has 2 aliphatic heterocycles. The predicted octanol–water partition coefficient (Wildman–Crippen LogP) is -0.489. The van der Waals surface area contributed by atoms with Crippen molar-refractivity contribution in [1.29, 1.82) is 0 Å². The molecular formula is C7H12N2O2. The molecule has 3 atom stereocenters. The van der Waals surface area contributed by atoms with Crippen LogP contribution in [0.15, 0.2) is 0 Å². The molecule has 0 bridgehead atoms. The zero-order valence-electron chi connectivity index (χ0n) is 6.32. The summed E-state index contributed by atoms with van der Waals surface area (Å²) in [5.74, 6) is 0. The maximum Gasteiger partial charge on any atom is 0.293 e. The number of carbonyl (C=O) groups is 1. The number of fused-ring (bicyclic) bond motifs is 1. The molecule has 1 N–H and O–H groups in total. The van der Waals surface area contributed by atoms with Crippen molar-refractivity contribution in [3.8, 4) is 0 Å². The van der Waals surface area contributed by atoms with Gasteiger partial charge in [-0.1, -0.05) is 0 Å². The maximum atomic E-state index is 10.0. The van der Waals surface area contributed by atoms with Crippen LogP contribution in [0.1, 0.15) is 12.8 Å². The summed E-state index contributed by atoms with van der Waals surface area (Å²) in [6, 6.07) is 0.613. The second-order valence-corrected chi connectivity index (χ2v) is 3.09. The van der Waals surface area contributed by atoms with Gasteiger partial charge in [0, 0.05) is 25.6 Å². The number of nitrogens with zero attached hydrogens (tertiary/aromatic N) is 1. The van der Waals surface area contributed by atoms with E-state index in [2.05, 4.69) is 10.4 Å². The van der Waals surface area contributed by atoms with Gasteiger partial charge in [0.1, 0.15) is 6.10 Å². The van der Waals surface area contributed by atoms with E-state index in [0.717, 1.165) is 25.9 Å². The van der Waals surface area contributed by atoms with E-state index in [1.54, 1.807) is 0 Å². The Kier molecular flexibility index (Phi) is 1.79. The first-order chi connectivity index (χ1) is 5.40. The first-order valence-corrected chi connectivity index (χ1v) is 3.99. The van der Waals surface area contributed by atoms with Gasteiger partial charge in [0.15, 0.2) is 0 Å². The highest BCUT2D eigenvalue weighted by atomic mass is 16.5. The SMILES string of the molecule is O=COC1CCNN2CC2C1. The molecule has 0 aromatic rings. The summed E-state index contributed by atoms with van der Waals surface area (Å²) >= 11 is 0. The van der Waals surface area contributed by atoms with Crippen LogP contribution in [-0.4, -0.2) is 36.7 Å². The molecule has 0 radical (unpaired) electrons. The average Bonchev–Trinajstić information content (AvgIpc) is 2.65. The first kappa shape index (κ1) is 7.06. The molecule has 0 saturated carbocycles. The highest BCUT2D eigenvalue weighted by Gasteiger charge is 2.38. The molecule has 11 heavy (non-hydrogen) atoms. The van der Waals surface area contributed by atoms with Crippen LogP contribution in [-0.2, 0) is 9.53 Å². The fraction of sp³-hybridized carbons (Fsp3) is 0.857. The molecule has 4 nitrogen and oxygen atoms in total. The fourth-order valence-corrected chi connectivity index (χ4v) is 1.57. The Hall–Kier alpha value is -0.610. The molecule has 2 fully saturated rings. The van der Waals surface area contributed by atoms with Crippen LogP contribution >= 0.6 is 0 Å². The molecule has 4 heteroatoms. The summed E-state index contributed by atoms with van der Waals surface area (Å²) in [5, 5.41) is 2.19. The Labute approximate surface area is 65.5 Å². The van der Waals surface area contributed by atoms with Gasteiger partial charge in [-0.2, -0.15) is 0 Å². The Balaban J connectivity index is 1.85. The second kappa shape index (κ2) is 2.79. The molecular weight excluding hydrogens is 144 g/mol. The van der Waals surface area contributed by atoms with Gasteiger partial charge >= 0.3 is 0 Å². The maximum absolute atomic E-state index is 10.0. The van der Waals surface area contributed by atoms with Crippen molar-refractivity contribution in [2.24, 2.45) is 0 Å². The number of hydrazine groups is 1. The van der Waals surface area contributed by atoms with Crippen LogP contribution in [0.5, 0.6) is 0 Å². The lowest BCUT2D eigenvalue weighted by molar-refractivity contribution is -0.133. The van der Waals surface area contributed by atoms with Crippen molar-refractivity contribution >= 4 is 6.47 Å². The summed E-state index contributed by atoms with van der Waals surface area (Å²) in [7, 11) is 0. The molecule has 2 rings (SSSR count). The summed E-state index contributed by atoms with van der Waals surface area (Å²) in [6.45, 7) is 2.59. The van der Waals surface area contributed by atoms with Crippen molar-refractivity contribution in [2.45, 2.75) is 25.0 Å². The molecule has 0 aromatic heterocycles. The van der Waals surface area contributed by atoms with E-state index in [1.165, 1.54) is 0 Å². The summed E-state index contributed by atoms with van der Waals surface area (Å²) in [5.41, 5.74) is 3.24. The molecule has 0 aromatic carbocycles. The Morgan fingerprint density at radius 1 is 1.64 bits per heavy atom. The molecule has 2 heterocycles. The van der Waals surface area contributed by atoms with E-state index in [4.69, 9.17) is 4.74 Å². The quantitative estimate of drug-likeness (QED) is 0.432. The number of hydrogen-bond acceptors (Lipinski definition) is 4. The summed E-state index contributed by atoms with van der Waals surface area (Å²) in [4.78, 5) is 10.0. The fourth-order valence-electron chi connectivity index (χ4n) is 1.57. The smallest absolute Gasteiger partial charge is 0.293 e. The standard InChI is InChI=1S/C7H12N2O2/c10-5-11-7-1-2-8-9-4-6(9)3-7/h5-8H,1-4H2. The van der Waals surface area contributed by atoms with Gasteiger partial charge in [-0.05, 0) is 6.42 Å². The van der Waals surface area contributed by atoms with Crippen molar-refractivity contribution < 1.29 is 9.53 Å². The van der Waals surface area contributed by atoms with Gasteiger partial charge in [-0.3, -0.25) is 10.2 Å². The predicted molar refractivity (Wildman–Crippen MR) is 38.7 cm³/mol. The lowest BCUT2D eigenvalue weighted by atomic mass is 10.1. The molecule has 62 valence electrons. The van der Waals surface area contributed by atoms with Crippen LogP contribution in [0, 0.1) is 0 Å². The van der Waals surface area contributed by atoms with Gasteiger partial charge in [-0.15, -0.1) is 0 Å². The van der Waals surface area contributed by atoms with Crippen molar-refractivity contribution in [3.63, 3.8) is 0 Å². The number of carbonyl (C=O) groups excluding carboxylic acids is 1. The van der Waals surface area contributed by atoms with Crippen LogP contribution in [0.4, 0.5) is 0 Å². The van der Waals surface area contributed by atoms with E-state index in [1.807, 2.05) is 0 Å². The summed E-state index contributed by atoms with van der Waals surface area (Å²) in [6.07, 6.45) is 2.06. The van der Waals surface area contributed by atoms with E-state index < -0.39 is 0 Å². The number of nitrogens with one attached hydrogen (secondary N) is 1. The largest absolute Gasteiger partial charge is 0.464 e. The molecule has 0 aliphatic carbocycles. The minimum absolute atomic E-state index is 0.137. The lowest BCUT2D eigenvalue weighted by Crippen LogP contribution is -2.22. The van der Waals surface area contributed by atoms with Gasteiger partial charge in [0.2, 0.25) is 0 Å². The van der Waals surface area contributed by atoms with Gasteiger partial charge in [-0.25, -0.2) is 5.01 Å². The number of hydrogen-bond donors (Lipinski definition) is 1. The van der Waals surface area contributed by atoms with Crippen LogP contribution < -0.4 is 5.43 Å². The lowest BCUT2D eigenvalue weighted by Gasteiger charge is -2.10. The topological polar surface area (TPSA) is 41.3 Å². The first-order valence-electron chi connectivity index (χ1n) is 3.99. The zero-order valence-corrected chi connectivity index (χ0v) is 6.32. The minimum atomic E-state index is 0.137. The highest BCUT2D eigenvalue weighted by molar-refractivity contribution is 5.37. The van der Waals surface area contributed by atoms with Crippen LogP contribution in [0.2, 0.25) is 0 Å². The monoisotopic (exact) mass is 156 g/mol. The van der Waals surface area contributed by atoms with Crippen molar-refractivity contribution in [1.82, 2.24) is 10.4 Å². The van der Waals surface area contributed by atoms with E-state index >= 15 is 0 Å².